The molecule has 2 aromatic carbocycles. The quantitative estimate of drug-likeness (QED) is 0.592. The molecule has 1 aromatic heterocycles. The van der Waals surface area contributed by atoms with Gasteiger partial charge < -0.3 is 5.32 Å². The predicted octanol–water partition coefficient (Wildman–Crippen LogP) is 4.98. The van der Waals surface area contributed by atoms with Crippen molar-refractivity contribution in [2.24, 2.45) is 0 Å². The summed E-state index contributed by atoms with van der Waals surface area (Å²) in [4.78, 5) is 14.7. The molecule has 0 aliphatic rings. The van der Waals surface area contributed by atoms with Crippen LogP contribution < -0.4 is 5.32 Å². The number of nitrogens with one attached hydrogen (secondary N) is 2. The van der Waals surface area contributed by atoms with Crippen molar-refractivity contribution in [3.63, 3.8) is 0 Å². The van der Waals surface area contributed by atoms with E-state index >= 15 is 0 Å². The van der Waals surface area contributed by atoms with Crippen LogP contribution in [-0.2, 0) is 4.79 Å². The highest BCUT2D eigenvalue weighted by Gasteiger charge is 2.17. The van der Waals surface area contributed by atoms with Gasteiger partial charge in [0.05, 0.1) is 10.6 Å². The molecule has 0 radical (unpaired) electrons. The van der Waals surface area contributed by atoms with Crippen molar-refractivity contribution in [1.82, 2.24) is 15.2 Å². The van der Waals surface area contributed by atoms with E-state index in [9.17, 15) is 9.18 Å². The lowest BCUT2D eigenvalue weighted by Gasteiger charge is -2.06. The van der Waals surface area contributed by atoms with Crippen LogP contribution in [0.2, 0.25) is 5.02 Å². The third kappa shape index (κ3) is 3.82. The van der Waals surface area contributed by atoms with Crippen molar-refractivity contribution in [3.05, 3.63) is 52.8 Å². The summed E-state index contributed by atoms with van der Waals surface area (Å²) in [5, 5.41) is 9.59. The first-order valence-electron chi connectivity index (χ1n) is 7.43. The molecule has 0 bridgehead atoms. The van der Waals surface area contributed by atoms with E-state index in [4.69, 9.17) is 34.8 Å². The molecule has 1 amide bonds. The molecular formula is C17H12Cl3FN4O. The summed E-state index contributed by atoms with van der Waals surface area (Å²) in [6, 6.07) is 9.96. The lowest BCUT2D eigenvalue weighted by molar-refractivity contribution is -0.114. The average molecular weight is 414 g/mol. The van der Waals surface area contributed by atoms with Crippen molar-refractivity contribution in [1.29, 1.82) is 0 Å². The van der Waals surface area contributed by atoms with Crippen LogP contribution in [0.1, 0.15) is 5.56 Å². The first-order chi connectivity index (χ1) is 12.4. The molecule has 1 heterocycles. The molecule has 0 atom stereocenters. The van der Waals surface area contributed by atoms with Crippen molar-refractivity contribution >= 4 is 46.4 Å². The Morgan fingerprint density at radius 1 is 1.27 bits per heavy atom. The van der Waals surface area contributed by atoms with E-state index in [1.54, 1.807) is 43.3 Å². The van der Waals surface area contributed by atoms with Gasteiger partial charge in [-0.05, 0) is 30.7 Å². The van der Waals surface area contributed by atoms with E-state index in [0.29, 0.717) is 22.6 Å². The molecule has 0 unspecified atom stereocenters. The molecule has 9 heteroatoms. The summed E-state index contributed by atoms with van der Waals surface area (Å²) >= 11 is 17.2. The predicted molar refractivity (Wildman–Crippen MR) is 101 cm³/mol. The maximum absolute atomic E-state index is 14.4. The number of H-pyrrole nitrogens is 1. The number of anilines is 1. The average Bonchev–Trinajstić information content (AvgIpc) is 3.08. The summed E-state index contributed by atoms with van der Waals surface area (Å²) in [6.45, 7) is 1.64. The lowest BCUT2D eigenvalue weighted by atomic mass is 10.1. The molecule has 3 rings (SSSR count). The highest BCUT2D eigenvalue weighted by atomic mass is 35.5. The van der Waals surface area contributed by atoms with Gasteiger partial charge in [0.2, 0.25) is 0 Å². The number of alkyl halides is 2. The standard InChI is InChI=1S/C17H12Cl3FN4O/c1-8-5-6-11(18)12(13(8)21)16-23-15(24-25-16)9-3-2-4-10(7-9)22-17(26)14(19)20/h2-7,14H,1H3,(H,22,26)(H,23,24,25). The minimum atomic E-state index is -1.18. The van der Waals surface area contributed by atoms with Gasteiger partial charge in [0.15, 0.2) is 16.5 Å². The second kappa shape index (κ2) is 7.61. The number of aromatic nitrogens is 3. The number of aromatic amines is 1. The highest BCUT2D eigenvalue weighted by molar-refractivity contribution is 6.54. The highest BCUT2D eigenvalue weighted by Crippen LogP contribution is 2.31. The van der Waals surface area contributed by atoms with Gasteiger partial charge in [0.25, 0.3) is 5.91 Å². The molecule has 0 aliphatic heterocycles. The number of halogens is 4. The van der Waals surface area contributed by atoms with Gasteiger partial charge in [-0.2, -0.15) is 5.10 Å². The Hall–Kier alpha value is -2.15. The van der Waals surface area contributed by atoms with Gasteiger partial charge in [-0.15, -0.1) is 0 Å². The molecule has 0 saturated carbocycles. The second-order valence-corrected chi connectivity index (χ2v) is 6.94. The summed E-state index contributed by atoms with van der Waals surface area (Å²) in [5.41, 5.74) is 1.69. The first-order valence-corrected chi connectivity index (χ1v) is 8.68. The van der Waals surface area contributed by atoms with Crippen molar-refractivity contribution in [3.8, 4) is 22.8 Å². The zero-order valence-electron chi connectivity index (χ0n) is 13.4. The number of rotatable bonds is 4. The molecule has 2 N–H and O–H groups in total. The maximum atomic E-state index is 14.4. The van der Waals surface area contributed by atoms with E-state index in [0.717, 1.165) is 0 Å². The van der Waals surface area contributed by atoms with Gasteiger partial charge >= 0.3 is 0 Å². The smallest absolute Gasteiger partial charge is 0.257 e. The third-order valence-corrected chi connectivity index (χ3v) is 4.30. The van der Waals surface area contributed by atoms with Crippen LogP contribution in [0.3, 0.4) is 0 Å². The number of aryl methyl sites for hydroxylation is 1. The Labute approximate surface area is 163 Å². The fraction of sp³-hybridized carbons (Fsp3) is 0.118. The van der Waals surface area contributed by atoms with Crippen molar-refractivity contribution < 1.29 is 9.18 Å². The fourth-order valence-electron chi connectivity index (χ4n) is 2.31. The molecule has 3 aromatic rings. The van der Waals surface area contributed by atoms with E-state index in [1.165, 1.54) is 0 Å². The summed E-state index contributed by atoms with van der Waals surface area (Å²) in [7, 11) is 0. The van der Waals surface area contributed by atoms with Gasteiger partial charge in [-0.3, -0.25) is 9.89 Å². The van der Waals surface area contributed by atoms with E-state index in [-0.39, 0.29) is 16.4 Å². The fourth-order valence-corrected chi connectivity index (χ4v) is 2.65. The summed E-state index contributed by atoms with van der Waals surface area (Å²) in [5.74, 6) is -0.477. The molecule has 134 valence electrons. The van der Waals surface area contributed by atoms with E-state index < -0.39 is 16.6 Å². The SMILES string of the molecule is Cc1ccc(Cl)c(-c2nc(-c3cccc(NC(=O)C(Cl)Cl)c3)n[nH]2)c1F. The Kier molecular flexibility index (Phi) is 5.46. The number of nitrogens with zero attached hydrogens (tertiary/aromatic N) is 2. The molecular weight excluding hydrogens is 402 g/mol. The monoisotopic (exact) mass is 412 g/mol. The number of amides is 1. The van der Waals surface area contributed by atoms with Gasteiger partial charge in [0.1, 0.15) is 5.82 Å². The number of hydrogen-bond donors (Lipinski definition) is 2. The summed E-state index contributed by atoms with van der Waals surface area (Å²) in [6.07, 6.45) is 0. The van der Waals surface area contributed by atoms with E-state index in [2.05, 4.69) is 20.5 Å². The van der Waals surface area contributed by atoms with Crippen LogP contribution in [0, 0.1) is 12.7 Å². The van der Waals surface area contributed by atoms with Crippen LogP contribution in [0.4, 0.5) is 10.1 Å². The third-order valence-electron chi connectivity index (χ3n) is 3.59. The number of carbonyl (C=O) groups excluding carboxylic acids is 1. The maximum Gasteiger partial charge on any atom is 0.257 e. The molecule has 0 spiro atoms. The van der Waals surface area contributed by atoms with Gasteiger partial charge in [0, 0.05) is 11.3 Å². The molecule has 26 heavy (non-hydrogen) atoms. The number of hydrogen-bond acceptors (Lipinski definition) is 3. The zero-order chi connectivity index (χ0) is 18.8. The Morgan fingerprint density at radius 3 is 2.77 bits per heavy atom. The van der Waals surface area contributed by atoms with Crippen LogP contribution in [0.25, 0.3) is 22.8 Å². The number of carbonyl (C=O) groups is 1. The van der Waals surface area contributed by atoms with E-state index in [1.807, 2.05) is 0 Å². The normalized spacial score (nSPS) is 11.0. The largest absolute Gasteiger partial charge is 0.324 e. The molecule has 0 aliphatic carbocycles. The molecule has 0 fully saturated rings. The molecule has 0 saturated heterocycles. The number of benzene rings is 2. The Balaban J connectivity index is 1.94. The second-order valence-electron chi connectivity index (χ2n) is 5.43. The minimum Gasteiger partial charge on any atom is -0.324 e. The van der Waals surface area contributed by atoms with Gasteiger partial charge in [-0.25, -0.2) is 9.37 Å². The van der Waals surface area contributed by atoms with Crippen molar-refractivity contribution in [2.45, 2.75) is 11.8 Å². The van der Waals surface area contributed by atoms with Crippen LogP contribution in [0.15, 0.2) is 36.4 Å². The van der Waals surface area contributed by atoms with Crippen molar-refractivity contribution in [2.75, 3.05) is 5.32 Å². The van der Waals surface area contributed by atoms with Crippen LogP contribution in [0.5, 0.6) is 0 Å². The Bertz CT molecular complexity index is 974. The topological polar surface area (TPSA) is 70.7 Å². The van der Waals surface area contributed by atoms with Crippen LogP contribution in [-0.4, -0.2) is 25.9 Å². The minimum absolute atomic E-state index is 0.155. The first kappa shape index (κ1) is 18.6. The van der Waals surface area contributed by atoms with Crippen LogP contribution >= 0.6 is 34.8 Å². The van der Waals surface area contributed by atoms with Gasteiger partial charge in [-0.1, -0.05) is 53.0 Å². The molecule has 5 nitrogen and oxygen atoms in total. The lowest BCUT2D eigenvalue weighted by Crippen LogP contribution is -2.18. The Morgan fingerprint density at radius 2 is 2.04 bits per heavy atom. The summed E-state index contributed by atoms with van der Waals surface area (Å²) < 4.78 is 14.4. The zero-order valence-corrected chi connectivity index (χ0v) is 15.6.